The summed E-state index contributed by atoms with van der Waals surface area (Å²) in [6.45, 7) is 6.97. The number of nitrogens with zero attached hydrogens (tertiary/aromatic N) is 4. The van der Waals surface area contributed by atoms with Crippen molar-refractivity contribution in [3.8, 4) is 0 Å². The van der Waals surface area contributed by atoms with Crippen molar-refractivity contribution in [1.82, 2.24) is 14.9 Å². The first-order valence-electron chi connectivity index (χ1n) is 8.80. The molecule has 2 N–H and O–H groups in total. The van der Waals surface area contributed by atoms with Crippen molar-refractivity contribution >= 4 is 39.4 Å². The molecule has 1 amide bonds. The summed E-state index contributed by atoms with van der Waals surface area (Å²) in [6, 6.07) is 6.82. The number of anilines is 2. The predicted molar refractivity (Wildman–Crippen MR) is 109 cm³/mol. The Kier molecular flexibility index (Phi) is 5.55. The molecule has 1 aliphatic rings. The normalized spacial score (nSPS) is 14.3. The van der Waals surface area contributed by atoms with Gasteiger partial charge in [-0.25, -0.2) is 14.8 Å². The number of aromatic nitrogens is 2. The zero-order valence-electron chi connectivity index (χ0n) is 16.0. The second-order valence-corrected chi connectivity index (χ2v) is 8.36. The largest absolute Gasteiger partial charge is 0.444 e. The van der Waals surface area contributed by atoms with Crippen molar-refractivity contribution in [1.29, 1.82) is 0 Å². The van der Waals surface area contributed by atoms with E-state index in [1.54, 1.807) is 29.2 Å². The van der Waals surface area contributed by atoms with Gasteiger partial charge in [0.2, 0.25) is 5.78 Å². The molecule has 8 nitrogen and oxygen atoms in total. The molecular weight excluding hydrogens is 426 g/mol. The maximum absolute atomic E-state index is 12.8. The first-order valence-corrected chi connectivity index (χ1v) is 9.59. The van der Waals surface area contributed by atoms with Gasteiger partial charge in [-0.2, -0.15) is 0 Å². The summed E-state index contributed by atoms with van der Waals surface area (Å²) in [5.74, 6) is 0.451. The third kappa shape index (κ3) is 4.59. The van der Waals surface area contributed by atoms with E-state index in [9.17, 15) is 9.59 Å². The number of nitrogens with two attached hydrogens (primary N) is 1. The topological polar surface area (TPSA) is 102 Å². The number of carbonyl (C=O) groups is 2. The van der Waals surface area contributed by atoms with Crippen LogP contribution in [0.1, 0.15) is 36.8 Å². The fourth-order valence-electron chi connectivity index (χ4n) is 2.75. The van der Waals surface area contributed by atoms with Crippen LogP contribution in [0.2, 0.25) is 0 Å². The number of ketones is 1. The maximum atomic E-state index is 12.8. The van der Waals surface area contributed by atoms with E-state index in [4.69, 9.17) is 10.5 Å². The maximum Gasteiger partial charge on any atom is 0.411 e. The molecule has 1 aliphatic heterocycles. The average Bonchev–Trinajstić information content (AvgIpc) is 3.12. The standard InChI is InChI=1S/C19H22BrN5O3/c1-19(2,3)28-18(27)25-8-7-24(11-25)15-6-4-5-14(23-15)16(26)13-9-12(20)10-22-17(13)21/h4-6,9-10H,7-8,11H2,1-3H3,(H2,21,22). The van der Waals surface area contributed by atoms with Crippen LogP contribution in [0.25, 0.3) is 0 Å². The van der Waals surface area contributed by atoms with Gasteiger partial charge in [-0.15, -0.1) is 0 Å². The monoisotopic (exact) mass is 447 g/mol. The predicted octanol–water partition coefficient (Wildman–Crippen LogP) is 3.07. The first-order chi connectivity index (χ1) is 13.1. The zero-order valence-corrected chi connectivity index (χ0v) is 17.6. The average molecular weight is 448 g/mol. The Morgan fingerprint density at radius 3 is 2.71 bits per heavy atom. The highest BCUT2D eigenvalue weighted by molar-refractivity contribution is 9.10. The van der Waals surface area contributed by atoms with E-state index in [0.717, 1.165) is 0 Å². The Morgan fingerprint density at radius 1 is 1.25 bits per heavy atom. The molecule has 2 aromatic rings. The van der Waals surface area contributed by atoms with Gasteiger partial charge in [-0.1, -0.05) is 6.07 Å². The Morgan fingerprint density at radius 2 is 2.00 bits per heavy atom. The molecule has 0 bridgehead atoms. The Labute approximate surface area is 171 Å². The molecule has 1 fully saturated rings. The van der Waals surface area contributed by atoms with E-state index >= 15 is 0 Å². The molecule has 0 unspecified atom stereocenters. The summed E-state index contributed by atoms with van der Waals surface area (Å²) < 4.78 is 6.07. The minimum Gasteiger partial charge on any atom is -0.444 e. The highest BCUT2D eigenvalue weighted by Crippen LogP contribution is 2.22. The van der Waals surface area contributed by atoms with Crippen LogP contribution >= 0.6 is 15.9 Å². The Bertz CT molecular complexity index is 913. The van der Waals surface area contributed by atoms with Gasteiger partial charge >= 0.3 is 6.09 Å². The van der Waals surface area contributed by atoms with Crippen LogP contribution in [0.5, 0.6) is 0 Å². The molecule has 1 saturated heterocycles. The van der Waals surface area contributed by atoms with Gasteiger partial charge in [0.25, 0.3) is 0 Å². The lowest BCUT2D eigenvalue weighted by Crippen LogP contribution is -2.36. The fraction of sp³-hybridized carbons (Fsp3) is 0.368. The van der Waals surface area contributed by atoms with E-state index in [0.29, 0.717) is 30.0 Å². The lowest BCUT2D eigenvalue weighted by molar-refractivity contribution is 0.0297. The van der Waals surface area contributed by atoms with Crippen molar-refractivity contribution in [3.63, 3.8) is 0 Å². The summed E-state index contributed by atoms with van der Waals surface area (Å²) in [7, 11) is 0. The molecule has 0 aromatic carbocycles. The number of amides is 1. The van der Waals surface area contributed by atoms with Crippen molar-refractivity contribution in [2.45, 2.75) is 26.4 Å². The third-order valence-electron chi connectivity index (χ3n) is 4.05. The van der Waals surface area contributed by atoms with Crippen LogP contribution in [0.15, 0.2) is 34.9 Å². The number of pyridine rings is 2. The lowest BCUT2D eigenvalue weighted by atomic mass is 10.1. The van der Waals surface area contributed by atoms with Gasteiger partial charge < -0.3 is 15.4 Å². The molecule has 0 saturated carbocycles. The Balaban J connectivity index is 1.76. The van der Waals surface area contributed by atoms with Gasteiger partial charge in [0.1, 0.15) is 22.9 Å². The van der Waals surface area contributed by atoms with Crippen LogP contribution in [0.4, 0.5) is 16.4 Å². The van der Waals surface area contributed by atoms with Crippen LogP contribution in [0, 0.1) is 0 Å². The van der Waals surface area contributed by atoms with Gasteiger partial charge in [0.15, 0.2) is 0 Å². The summed E-state index contributed by atoms with van der Waals surface area (Å²) in [5.41, 5.74) is 5.84. The van der Waals surface area contributed by atoms with Gasteiger partial charge in [0, 0.05) is 23.8 Å². The van der Waals surface area contributed by atoms with Gasteiger partial charge in [-0.05, 0) is 54.9 Å². The van der Waals surface area contributed by atoms with Gasteiger partial charge in [0.05, 0.1) is 12.2 Å². The minimum atomic E-state index is -0.549. The summed E-state index contributed by atoms with van der Waals surface area (Å²) >= 11 is 3.30. The molecule has 2 aromatic heterocycles. The number of halogens is 1. The first kappa shape index (κ1) is 20.1. The number of carbonyl (C=O) groups excluding carboxylic acids is 2. The van der Waals surface area contributed by atoms with Crippen molar-refractivity contribution in [2.24, 2.45) is 0 Å². The highest BCUT2D eigenvalue weighted by atomic mass is 79.9. The molecule has 28 heavy (non-hydrogen) atoms. The zero-order chi connectivity index (χ0) is 20.5. The van der Waals surface area contributed by atoms with E-state index in [2.05, 4.69) is 25.9 Å². The van der Waals surface area contributed by atoms with Crippen LogP contribution in [-0.4, -0.2) is 52.1 Å². The number of hydrogen-bond donors (Lipinski definition) is 1. The second kappa shape index (κ2) is 7.75. The summed E-state index contributed by atoms with van der Waals surface area (Å²) in [5, 5.41) is 0. The molecule has 3 heterocycles. The second-order valence-electron chi connectivity index (χ2n) is 7.45. The number of nitrogen functional groups attached to an aromatic ring is 1. The van der Waals surface area contributed by atoms with Gasteiger partial charge in [-0.3, -0.25) is 9.69 Å². The van der Waals surface area contributed by atoms with E-state index in [1.807, 2.05) is 25.7 Å². The van der Waals surface area contributed by atoms with Crippen molar-refractivity contribution < 1.29 is 14.3 Å². The fourth-order valence-corrected chi connectivity index (χ4v) is 3.08. The summed E-state index contributed by atoms with van der Waals surface area (Å²) in [4.78, 5) is 37.0. The molecule has 0 spiro atoms. The Hall–Kier alpha value is -2.68. The smallest absolute Gasteiger partial charge is 0.411 e. The van der Waals surface area contributed by atoms with E-state index in [-0.39, 0.29) is 29.0 Å². The third-order valence-corrected chi connectivity index (χ3v) is 4.49. The lowest BCUT2D eigenvalue weighted by Gasteiger charge is -2.24. The molecule has 0 atom stereocenters. The molecular formula is C19H22BrN5O3. The van der Waals surface area contributed by atoms with Crippen molar-refractivity contribution in [3.05, 3.63) is 46.2 Å². The van der Waals surface area contributed by atoms with Crippen LogP contribution in [0.3, 0.4) is 0 Å². The number of rotatable bonds is 3. The highest BCUT2D eigenvalue weighted by Gasteiger charge is 2.29. The molecule has 0 radical (unpaired) electrons. The minimum absolute atomic E-state index is 0.151. The van der Waals surface area contributed by atoms with E-state index in [1.165, 1.54) is 6.20 Å². The van der Waals surface area contributed by atoms with Crippen molar-refractivity contribution in [2.75, 3.05) is 30.4 Å². The number of ether oxygens (including phenoxy) is 1. The molecule has 0 aliphatic carbocycles. The molecule has 148 valence electrons. The molecule has 3 rings (SSSR count). The number of hydrogen-bond acceptors (Lipinski definition) is 7. The SMILES string of the molecule is CC(C)(C)OC(=O)N1CCN(c2cccc(C(=O)c3cc(Br)cnc3N)n2)C1. The molecule has 9 heteroatoms. The van der Waals surface area contributed by atoms with Crippen LogP contribution in [-0.2, 0) is 4.74 Å². The van der Waals surface area contributed by atoms with E-state index < -0.39 is 5.60 Å². The van der Waals surface area contributed by atoms with Crippen LogP contribution < -0.4 is 10.6 Å². The quantitative estimate of drug-likeness (QED) is 0.721. The summed E-state index contributed by atoms with van der Waals surface area (Å²) in [6.07, 6.45) is 1.17.